The van der Waals surface area contributed by atoms with Crippen LogP contribution in [0.4, 0.5) is 0 Å². The second-order valence-corrected chi connectivity index (χ2v) is 6.63. The zero-order valence-electron chi connectivity index (χ0n) is 15.5. The molecule has 0 atom stereocenters. The van der Waals surface area contributed by atoms with Crippen LogP contribution in [0.2, 0.25) is 0 Å². The first-order valence-corrected chi connectivity index (χ1v) is 9.04. The van der Waals surface area contributed by atoms with Crippen LogP contribution in [-0.2, 0) is 13.0 Å². The summed E-state index contributed by atoms with van der Waals surface area (Å²) in [5.74, 6) is 2.08. The normalized spacial score (nSPS) is 13.0. The van der Waals surface area contributed by atoms with Crippen LogP contribution in [0, 0.1) is 0 Å². The summed E-state index contributed by atoms with van der Waals surface area (Å²) in [6.45, 7) is 1.09. The smallest absolute Gasteiger partial charge is 0.254 e. The minimum Gasteiger partial charge on any atom is -0.497 e. The third kappa shape index (κ3) is 3.76. The van der Waals surface area contributed by atoms with E-state index in [1.54, 1.807) is 48.5 Å². The van der Waals surface area contributed by atoms with Gasteiger partial charge in [0.15, 0.2) is 0 Å². The molecule has 0 saturated carbocycles. The summed E-state index contributed by atoms with van der Waals surface area (Å²) in [7, 11) is 1.62. The molecule has 142 valence electrons. The number of ether oxygens (including phenoxy) is 2. The van der Waals surface area contributed by atoms with Crippen LogP contribution >= 0.6 is 0 Å². The van der Waals surface area contributed by atoms with Gasteiger partial charge in [0.25, 0.3) is 5.91 Å². The Morgan fingerprint density at radius 1 is 0.964 bits per heavy atom. The van der Waals surface area contributed by atoms with E-state index in [1.165, 1.54) is 0 Å². The summed E-state index contributed by atoms with van der Waals surface area (Å²) in [4.78, 5) is 28.7. The Hall–Kier alpha value is -3.54. The van der Waals surface area contributed by atoms with Crippen molar-refractivity contribution in [1.29, 1.82) is 0 Å². The summed E-state index contributed by atoms with van der Waals surface area (Å²) < 4.78 is 10.9. The van der Waals surface area contributed by atoms with Crippen LogP contribution in [0.15, 0.2) is 65.6 Å². The van der Waals surface area contributed by atoms with Crippen molar-refractivity contribution in [2.45, 2.75) is 13.0 Å². The zero-order chi connectivity index (χ0) is 19.5. The number of fused-ring (bicyclic) bond motifs is 1. The van der Waals surface area contributed by atoms with Crippen molar-refractivity contribution in [2.24, 2.45) is 0 Å². The van der Waals surface area contributed by atoms with E-state index < -0.39 is 0 Å². The fourth-order valence-corrected chi connectivity index (χ4v) is 3.26. The fraction of sp³-hybridized carbons (Fsp3) is 0.182. The molecule has 0 spiro atoms. The highest BCUT2D eigenvalue weighted by atomic mass is 16.5. The maximum absolute atomic E-state index is 12.8. The molecule has 0 bridgehead atoms. The average Bonchev–Trinajstić information content (AvgIpc) is 2.74. The zero-order valence-corrected chi connectivity index (χ0v) is 15.5. The van der Waals surface area contributed by atoms with Gasteiger partial charge in [-0.05, 0) is 66.1 Å². The number of nitrogens with one attached hydrogen (secondary N) is 1. The molecular formula is C22H20N2O4. The Bertz CT molecular complexity index is 1040. The molecule has 2 heterocycles. The molecular weight excluding hydrogens is 356 g/mol. The first-order valence-electron chi connectivity index (χ1n) is 9.04. The lowest BCUT2D eigenvalue weighted by Crippen LogP contribution is -2.36. The number of hydrogen-bond donors (Lipinski definition) is 1. The monoisotopic (exact) mass is 376 g/mol. The first kappa shape index (κ1) is 17.9. The molecule has 1 N–H and O–H groups in total. The third-order valence-electron chi connectivity index (χ3n) is 4.80. The van der Waals surface area contributed by atoms with E-state index in [9.17, 15) is 9.59 Å². The van der Waals surface area contributed by atoms with Crippen LogP contribution in [0.3, 0.4) is 0 Å². The van der Waals surface area contributed by atoms with Gasteiger partial charge in [-0.25, -0.2) is 0 Å². The van der Waals surface area contributed by atoms with Gasteiger partial charge in [-0.15, -0.1) is 0 Å². The standard InChI is InChI=1S/C22H20N2O4/c1-27-18-6-8-20(9-7-18)28-19-4-2-15(3-5-19)22(26)24-11-10-16-12-21(25)23-13-17(16)14-24/h2-9,12-13H,10-11,14H2,1H3,(H,23,25). The number of benzene rings is 2. The molecule has 3 aromatic rings. The molecule has 1 aliphatic heterocycles. The largest absolute Gasteiger partial charge is 0.497 e. The fourth-order valence-electron chi connectivity index (χ4n) is 3.26. The number of pyridine rings is 1. The highest BCUT2D eigenvalue weighted by molar-refractivity contribution is 5.94. The lowest BCUT2D eigenvalue weighted by Gasteiger charge is -2.28. The van der Waals surface area contributed by atoms with Crippen LogP contribution < -0.4 is 15.0 Å². The van der Waals surface area contributed by atoms with Gasteiger partial charge >= 0.3 is 0 Å². The number of hydrogen-bond acceptors (Lipinski definition) is 4. The molecule has 0 fully saturated rings. The molecule has 0 unspecified atom stereocenters. The average molecular weight is 376 g/mol. The summed E-state index contributed by atoms with van der Waals surface area (Å²) >= 11 is 0. The number of amides is 1. The van der Waals surface area contributed by atoms with Crippen LogP contribution in [0.25, 0.3) is 0 Å². The van der Waals surface area contributed by atoms with Crippen molar-refractivity contribution < 1.29 is 14.3 Å². The Morgan fingerprint density at radius 3 is 2.29 bits per heavy atom. The van der Waals surface area contributed by atoms with Gasteiger partial charge in [-0.2, -0.15) is 0 Å². The van der Waals surface area contributed by atoms with E-state index in [4.69, 9.17) is 9.47 Å². The molecule has 0 saturated heterocycles. The molecule has 0 aliphatic carbocycles. The minimum absolute atomic E-state index is 0.0344. The first-order chi connectivity index (χ1) is 13.6. The van der Waals surface area contributed by atoms with E-state index in [1.807, 2.05) is 24.3 Å². The van der Waals surface area contributed by atoms with E-state index in [0.29, 0.717) is 36.6 Å². The van der Waals surface area contributed by atoms with Crippen LogP contribution in [-0.4, -0.2) is 29.4 Å². The van der Waals surface area contributed by atoms with E-state index in [2.05, 4.69) is 4.98 Å². The number of carbonyl (C=O) groups is 1. The number of carbonyl (C=O) groups excluding carboxylic acids is 1. The van der Waals surface area contributed by atoms with Crippen LogP contribution in [0.1, 0.15) is 21.5 Å². The minimum atomic E-state index is -0.106. The van der Waals surface area contributed by atoms with Gasteiger partial charge < -0.3 is 19.4 Å². The predicted octanol–water partition coefficient (Wildman–Crippen LogP) is 3.37. The van der Waals surface area contributed by atoms with Crippen molar-refractivity contribution in [3.05, 3.63) is 87.8 Å². The van der Waals surface area contributed by atoms with E-state index in [0.717, 1.165) is 16.9 Å². The molecule has 6 heteroatoms. The van der Waals surface area contributed by atoms with Gasteiger partial charge in [0.2, 0.25) is 5.56 Å². The Morgan fingerprint density at radius 2 is 1.61 bits per heavy atom. The number of methoxy groups -OCH3 is 1. The number of aromatic amines is 1. The third-order valence-corrected chi connectivity index (χ3v) is 4.80. The maximum atomic E-state index is 12.8. The topological polar surface area (TPSA) is 71.6 Å². The molecule has 1 amide bonds. The highest BCUT2D eigenvalue weighted by Gasteiger charge is 2.22. The SMILES string of the molecule is COc1ccc(Oc2ccc(C(=O)N3CCc4cc(=O)[nH]cc4C3)cc2)cc1. The molecule has 0 radical (unpaired) electrons. The van der Waals surface area contributed by atoms with Gasteiger partial charge in [0.1, 0.15) is 17.2 Å². The molecule has 1 aliphatic rings. The van der Waals surface area contributed by atoms with E-state index in [-0.39, 0.29) is 11.5 Å². The summed E-state index contributed by atoms with van der Waals surface area (Å²) in [5.41, 5.74) is 2.50. The number of aromatic nitrogens is 1. The van der Waals surface area contributed by atoms with Gasteiger partial charge in [-0.1, -0.05) is 0 Å². The molecule has 2 aromatic carbocycles. The van der Waals surface area contributed by atoms with Crippen molar-refractivity contribution in [3.8, 4) is 17.2 Å². The number of nitrogens with zero attached hydrogens (tertiary/aromatic N) is 1. The van der Waals surface area contributed by atoms with Crippen LogP contribution in [0.5, 0.6) is 17.2 Å². The van der Waals surface area contributed by atoms with Crippen molar-refractivity contribution in [1.82, 2.24) is 9.88 Å². The van der Waals surface area contributed by atoms with Crippen molar-refractivity contribution in [2.75, 3.05) is 13.7 Å². The number of H-pyrrole nitrogens is 1. The van der Waals surface area contributed by atoms with Crippen molar-refractivity contribution >= 4 is 5.91 Å². The Balaban J connectivity index is 1.44. The van der Waals surface area contributed by atoms with Crippen molar-refractivity contribution in [3.63, 3.8) is 0 Å². The molecule has 1 aromatic heterocycles. The molecule has 6 nitrogen and oxygen atoms in total. The summed E-state index contributed by atoms with van der Waals surface area (Å²) in [6, 6.07) is 16.0. The van der Waals surface area contributed by atoms with Gasteiger partial charge in [0.05, 0.1) is 7.11 Å². The van der Waals surface area contributed by atoms with Gasteiger partial charge in [-0.3, -0.25) is 9.59 Å². The lowest BCUT2D eigenvalue weighted by molar-refractivity contribution is 0.0734. The molecule has 4 rings (SSSR count). The molecule has 28 heavy (non-hydrogen) atoms. The number of rotatable bonds is 4. The predicted molar refractivity (Wildman–Crippen MR) is 105 cm³/mol. The quantitative estimate of drug-likeness (QED) is 0.758. The maximum Gasteiger partial charge on any atom is 0.254 e. The van der Waals surface area contributed by atoms with E-state index >= 15 is 0 Å². The Kier molecular flexibility index (Phi) is 4.85. The van der Waals surface area contributed by atoms with Gasteiger partial charge in [0, 0.05) is 30.9 Å². The summed E-state index contributed by atoms with van der Waals surface area (Å²) in [5, 5.41) is 0. The summed E-state index contributed by atoms with van der Waals surface area (Å²) in [6.07, 6.45) is 2.38. The highest BCUT2D eigenvalue weighted by Crippen LogP contribution is 2.25. The second-order valence-electron chi connectivity index (χ2n) is 6.63. The second kappa shape index (κ2) is 7.60. The Labute approximate surface area is 162 Å². The lowest BCUT2D eigenvalue weighted by atomic mass is 10.0.